The van der Waals surface area contributed by atoms with Crippen LogP contribution >= 0.6 is 0 Å². The fraction of sp³-hybridized carbons (Fsp3) is 1.00. The molecule has 0 radical (unpaired) electrons. The van der Waals surface area contributed by atoms with Crippen LogP contribution in [-0.2, 0) is 4.74 Å². The summed E-state index contributed by atoms with van der Waals surface area (Å²) in [5.41, 5.74) is 10.9. The largest absolute Gasteiger partial charge is 0.379 e. The molecule has 48 valence electrons. The van der Waals surface area contributed by atoms with Gasteiger partial charge >= 0.3 is 0 Å². The molecule has 0 unspecified atom stereocenters. The summed E-state index contributed by atoms with van der Waals surface area (Å²) in [6.07, 6.45) is 0. The van der Waals surface area contributed by atoms with Crippen molar-refractivity contribution < 1.29 is 4.74 Å². The van der Waals surface area contributed by atoms with Gasteiger partial charge in [0, 0.05) is 12.0 Å². The Morgan fingerprint density at radius 3 is 2.50 bits per heavy atom. The summed E-state index contributed by atoms with van der Waals surface area (Å²) >= 11 is 0. The monoisotopic (exact) mass is 116 g/mol. The van der Waals surface area contributed by atoms with Crippen LogP contribution < -0.4 is 11.5 Å². The van der Waals surface area contributed by atoms with Gasteiger partial charge < -0.3 is 16.2 Å². The second kappa shape index (κ2) is 2.44. The molecule has 1 fully saturated rings. The molecule has 4 N–H and O–H groups in total. The fourth-order valence-corrected chi connectivity index (χ4v) is 0.858. The summed E-state index contributed by atoms with van der Waals surface area (Å²) in [6, 6.07) is 0.181. The number of nitrogens with two attached hydrogens (primary N) is 2. The molecule has 0 bridgehead atoms. The Morgan fingerprint density at radius 2 is 2.25 bits per heavy atom. The Morgan fingerprint density at radius 1 is 1.50 bits per heavy atom. The first kappa shape index (κ1) is 6.01. The Bertz CT molecular complexity index is 76.8. The SMILES string of the molecule is NC[C@@H]1COC[C@H]1N. The van der Waals surface area contributed by atoms with Gasteiger partial charge in [0.05, 0.1) is 13.2 Å². The Labute approximate surface area is 49.0 Å². The molecule has 1 aliphatic rings. The van der Waals surface area contributed by atoms with Crippen molar-refractivity contribution in [2.24, 2.45) is 17.4 Å². The van der Waals surface area contributed by atoms with Crippen LogP contribution in [0.1, 0.15) is 0 Å². The summed E-state index contributed by atoms with van der Waals surface area (Å²) < 4.78 is 5.06. The number of rotatable bonds is 1. The molecule has 0 aromatic rings. The zero-order chi connectivity index (χ0) is 5.98. The highest BCUT2D eigenvalue weighted by atomic mass is 16.5. The van der Waals surface area contributed by atoms with Crippen molar-refractivity contribution >= 4 is 0 Å². The maximum atomic E-state index is 5.58. The highest BCUT2D eigenvalue weighted by molar-refractivity contribution is 4.77. The third kappa shape index (κ3) is 0.992. The number of hydrogen-bond acceptors (Lipinski definition) is 3. The maximum absolute atomic E-state index is 5.58. The number of hydrogen-bond donors (Lipinski definition) is 2. The lowest BCUT2D eigenvalue weighted by Gasteiger charge is -2.07. The van der Waals surface area contributed by atoms with E-state index in [1.54, 1.807) is 0 Å². The first-order chi connectivity index (χ1) is 3.84. The molecule has 0 spiro atoms. The standard InChI is InChI=1S/C5H12N2O/c6-1-4-2-8-3-5(4)7/h4-5H,1-3,6-7H2/t4-,5-/m1/s1. The van der Waals surface area contributed by atoms with E-state index in [2.05, 4.69) is 0 Å². The van der Waals surface area contributed by atoms with E-state index in [0.717, 1.165) is 6.61 Å². The zero-order valence-electron chi connectivity index (χ0n) is 4.84. The van der Waals surface area contributed by atoms with Gasteiger partial charge in [0.1, 0.15) is 0 Å². The Balaban J connectivity index is 2.30. The van der Waals surface area contributed by atoms with Crippen molar-refractivity contribution in [1.29, 1.82) is 0 Å². The van der Waals surface area contributed by atoms with Crippen LogP contribution in [0.4, 0.5) is 0 Å². The average molecular weight is 116 g/mol. The van der Waals surface area contributed by atoms with E-state index in [4.69, 9.17) is 16.2 Å². The highest BCUT2D eigenvalue weighted by Gasteiger charge is 2.22. The molecule has 2 atom stereocenters. The van der Waals surface area contributed by atoms with Crippen molar-refractivity contribution in [2.45, 2.75) is 6.04 Å². The minimum atomic E-state index is 0.181. The molecule has 0 aromatic heterocycles. The van der Waals surface area contributed by atoms with Crippen LogP contribution in [0.25, 0.3) is 0 Å². The quantitative estimate of drug-likeness (QED) is 0.458. The first-order valence-corrected chi connectivity index (χ1v) is 2.88. The van der Waals surface area contributed by atoms with Gasteiger partial charge in [-0.05, 0) is 6.54 Å². The van der Waals surface area contributed by atoms with Crippen molar-refractivity contribution in [2.75, 3.05) is 19.8 Å². The lowest BCUT2D eigenvalue weighted by Crippen LogP contribution is -2.33. The molecule has 0 aliphatic carbocycles. The highest BCUT2D eigenvalue weighted by Crippen LogP contribution is 2.08. The topological polar surface area (TPSA) is 61.3 Å². The Hall–Kier alpha value is -0.120. The van der Waals surface area contributed by atoms with E-state index in [1.165, 1.54) is 0 Å². The van der Waals surface area contributed by atoms with E-state index in [0.29, 0.717) is 19.1 Å². The van der Waals surface area contributed by atoms with Gasteiger partial charge in [-0.15, -0.1) is 0 Å². The van der Waals surface area contributed by atoms with E-state index >= 15 is 0 Å². The number of ether oxygens (including phenoxy) is 1. The van der Waals surface area contributed by atoms with Crippen molar-refractivity contribution in [3.05, 3.63) is 0 Å². The van der Waals surface area contributed by atoms with Gasteiger partial charge in [0.15, 0.2) is 0 Å². The lowest BCUT2D eigenvalue weighted by atomic mass is 10.1. The van der Waals surface area contributed by atoms with Gasteiger partial charge in [0.2, 0.25) is 0 Å². The molecule has 8 heavy (non-hydrogen) atoms. The average Bonchev–Trinajstić information content (AvgIpc) is 2.14. The van der Waals surface area contributed by atoms with Crippen molar-refractivity contribution in [3.8, 4) is 0 Å². The summed E-state index contributed by atoms with van der Waals surface area (Å²) in [7, 11) is 0. The summed E-state index contributed by atoms with van der Waals surface area (Å²) in [5, 5.41) is 0. The van der Waals surface area contributed by atoms with Crippen molar-refractivity contribution in [1.82, 2.24) is 0 Å². The van der Waals surface area contributed by atoms with Gasteiger partial charge in [-0.3, -0.25) is 0 Å². The van der Waals surface area contributed by atoms with Gasteiger partial charge in [-0.25, -0.2) is 0 Å². The molecule has 0 aromatic carbocycles. The smallest absolute Gasteiger partial charge is 0.0621 e. The van der Waals surface area contributed by atoms with Gasteiger partial charge in [0.25, 0.3) is 0 Å². The molecule has 1 rings (SSSR count). The minimum absolute atomic E-state index is 0.181. The maximum Gasteiger partial charge on any atom is 0.0621 e. The van der Waals surface area contributed by atoms with E-state index in [-0.39, 0.29) is 6.04 Å². The van der Waals surface area contributed by atoms with E-state index < -0.39 is 0 Å². The second-order valence-electron chi connectivity index (χ2n) is 2.20. The van der Waals surface area contributed by atoms with Crippen LogP contribution in [0.3, 0.4) is 0 Å². The molecule has 1 aliphatic heterocycles. The first-order valence-electron chi connectivity index (χ1n) is 2.88. The third-order valence-electron chi connectivity index (χ3n) is 1.55. The molecule has 0 saturated carbocycles. The normalized spacial score (nSPS) is 38.2. The molecule has 1 heterocycles. The fourth-order valence-electron chi connectivity index (χ4n) is 0.858. The zero-order valence-corrected chi connectivity index (χ0v) is 4.84. The third-order valence-corrected chi connectivity index (χ3v) is 1.55. The molecular formula is C5H12N2O. The summed E-state index contributed by atoms with van der Waals surface area (Å²) in [4.78, 5) is 0. The molecule has 1 saturated heterocycles. The van der Waals surface area contributed by atoms with Crippen LogP contribution in [0.15, 0.2) is 0 Å². The molecule has 3 nitrogen and oxygen atoms in total. The van der Waals surface area contributed by atoms with Gasteiger partial charge in [-0.2, -0.15) is 0 Å². The summed E-state index contributed by atoms with van der Waals surface area (Å²) in [5.74, 6) is 0.398. The van der Waals surface area contributed by atoms with E-state index in [1.807, 2.05) is 0 Å². The van der Waals surface area contributed by atoms with Gasteiger partial charge in [-0.1, -0.05) is 0 Å². The molecule has 0 amide bonds. The lowest BCUT2D eigenvalue weighted by molar-refractivity contribution is 0.185. The van der Waals surface area contributed by atoms with Crippen LogP contribution in [-0.4, -0.2) is 25.8 Å². The van der Waals surface area contributed by atoms with E-state index in [9.17, 15) is 0 Å². The van der Waals surface area contributed by atoms with Crippen LogP contribution in [0.5, 0.6) is 0 Å². The predicted octanol–water partition coefficient (Wildman–Crippen LogP) is -1.08. The summed E-state index contributed by atoms with van der Waals surface area (Å²) in [6.45, 7) is 2.08. The van der Waals surface area contributed by atoms with Crippen molar-refractivity contribution in [3.63, 3.8) is 0 Å². The molecular weight excluding hydrogens is 104 g/mol. The molecule has 3 heteroatoms. The van der Waals surface area contributed by atoms with Crippen LogP contribution in [0, 0.1) is 5.92 Å². The second-order valence-corrected chi connectivity index (χ2v) is 2.20. The minimum Gasteiger partial charge on any atom is -0.379 e. The van der Waals surface area contributed by atoms with Crippen LogP contribution in [0.2, 0.25) is 0 Å². The Kier molecular flexibility index (Phi) is 1.83. The predicted molar refractivity (Wildman–Crippen MR) is 31.3 cm³/mol.